The second-order valence-electron chi connectivity index (χ2n) is 6.71. The zero-order valence-corrected chi connectivity index (χ0v) is 13.4. The molecule has 0 bridgehead atoms. The smallest absolute Gasteiger partial charge is 0.0271 e. The van der Waals surface area contributed by atoms with Gasteiger partial charge in [0.25, 0.3) is 0 Å². The summed E-state index contributed by atoms with van der Waals surface area (Å²) in [7, 11) is 2.14. The molecule has 0 aromatic carbocycles. The molecule has 0 aromatic heterocycles. The monoisotopic (exact) mass is 254 g/mol. The molecular formula is C16H34N2. The third-order valence-electron chi connectivity index (χ3n) is 4.97. The second kappa shape index (κ2) is 6.91. The maximum Gasteiger partial charge on any atom is 0.0271 e. The Morgan fingerprint density at radius 3 is 2.50 bits per heavy atom. The van der Waals surface area contributed by atoms with Crippen LogP contribution in [-0.2, 0) is 0 Å². The van der Waals surface area contributed by atoms with E-state index in [9.17, 15) is 0 Å². The van der Waals surface area contributed by atoms with Gasteiger partial charge in [-0.05, 0) is 51.6 Å². The number of nitrogens with one attached hydrogen (secondary N) is 1. The molecule has 0 saturated heterocycles. The van der Waals surface area contributed by atoms with Crippen molar-refractivity contribution >= 4 is 0 Å². The van der Waals surface area contributed by atoms with Crippen molar-refractivity contribution in [3.8, 4) is 0 Å². The third kappa shape index (κ3) is 3.48. The van der Waals surface area contributed by atoms with Crippen molar-refractivity contribution in [3.05, 3.63) is 0 Å². The summed E-state index contributed by atoms with van der Waals surface area (Å²) in [6.07, 6.45) is 6.59. The van der Waals surface area contributed by atoms with E-state index in [1.54, 1.807) is 0 Å². The van der Waals surface area contributed by atoms with Gasteiger partial charge in [0.15, 0.2) is 0 Å². The highest BCUT2D eigenvalue weighted by molar-refractivity contribution is 5.01. The Kier molecular flexibility index (Phi) is 6.13. The lowest BCUT2D eigenvalue weighted by molar-refractivity contribution is 0.105. The quantitative estimate of drug-likeness (QED) is 0.746. The molecule has 1 aliphatic rings. The van der Waals surface area contributed by atoms with E-state index in [2.05, 4.69) is 51.9 Å². The van der Waals surface area contributed by atoms with Crippen LogP contribution >= 0.6 is 0 Å². The van der Waals surface area contributed by atoms with Crippen LogP contribution in [0.2, 0.25) is 0 Å². The first-order valence-electron chi connectivity index (χ1n) is 7.90. The highest BCUT2D eigenvalue weighted by Crippen LogP contribution is 2.40. The zero-order chi connectivity index (χ0) is 13.8. The van der Waals surface area contributed by atoms with Gasteiger partial charge in [0.2, 0.25) is 0 Å². The molecule has 108 valence electrons. The Balaban J connectivity index is 2.78. The molecule has 1 N–H and O–H groups in total. The first kappa shape index (κ1) is 16.0. The minimum atomic E-state index is 0.442. The van der Waals surface area contributed by atoms with E-state index in [1.807, 2.05) is 0 Å². The lowest BCUT2D eigenvalue weighted by atomic mass is 9.86. The number of rotatable bonds is 7. The maximum absolute atomic E-state index is 3.60. The largest absolute Gasteiger partial charge is 0.315 e. The molecular weight excluding hydrogens is 220 g/mol. The molecule has 2 nitrogen and oxygen atoms in total. The van der Waals surface area contributed by atoms with E-state index >= 15 is 0 Å². The van der Waals surface area contributed by atoms with Crippen molar-refractivity contribution < 1.29 is 0 Å². The van der Waals surface area contributed by atoms with Crippen molar-refractivity contribution in [1.29, 1.82) is 0 Å². The Hall–Kier alpha value is -0.0800. The Morgan fingerprint density at radius 2 is 2.00 bits per heavy atom. The Bertz CT molecular complexity index is 237. The van der Waals surface area contributed by atoms with Gasteiger partial charge in [0.1, 0.15) is 0 Å². The predicted octanol–water partition coefficient (Wildman–Crippen LogP) is 3.66. The van der Waals surface area contributed by atoms with Crippen LogP contribution in [0.25, 0.3) is 0 Å². The van der Waals surface area contributed by atoms with E-state index in [-0.39, 0.29) is 0 Å². The molecule has 3 atom stereocenters. The molecule has 1 saturated carbocycles. The van der Waals surface area contributed by atoms with Gasteiger partial charge in [-0.1, -0.05) is 34.1 Å². The zero-order valence-electron chi connectivity index (χ0n) is 13.4. The molecule has 1 rings (SSSR count). The van der Waals surface area contributed by atoms with Gasteiger partial charge in [0, 0.05) is 18.1 Å². The average Bonchev–Trinajstić information content (AvgIpc) is 2.64. The number of hydrogen-bond acceptors (Lipinski definition) is 2. The number of unbranched alkanes of at least 4 members (excludes halogenated alkanes) is 1. The topological polar surface area (TPSA) is 15.3 Å². The first-order valence-corrected chi connectivity index (χ1v) is 7.90. The fraction of sp³-hybridized carbons (Fsp3) is 1.00. The standard InChI is InChI=1S/C16H34N2/c1-7-9-12-18(13(3)8-2)14-10-11-16(4,5)15(14)17-6/h13-15,17H,7-12H2,1-6H3. The van der Waals surface area contributed by atoms with E-state index in [0.717, 1.165) is 6.04 Å². The van der Waals surface area contributed by atoms with Crippen molar-refractivity contribution in [2.45, 2.75) is 84.8 Å². The number of nitrogens with zero attached hydrogens (tertiary/aromatic N) is 1. The van der Waals surface area contributed by atoms with Crippen LogP contribution in [0.4, 0.5) is 0 Å². The van der Waals surface area contributed by atoms with Crippen LogP contribution in [0.1, 0.15) is 66.7 Å². The van der Waals surface area contributed by atoms with Crippen LogP contribution in [0.15, 0.2) is 0 Å². The summed E-state index contributed by atoms with van der Waals surface area (Å²) < 4.78 is 0. The van der Waals surface area contributed by atoms with Gasteiger partial charge >= 0.3 is 0 Å². The highest BCUT2D eigenvalue weighted by atomic mass is 15.2. The van der Waals surface area contributed by atoms with Crippen LogP contribution in [-0.4, -0.2) is 36.6 Å². The van der Waals surface area contributed by atoms with E-state index in [4.69, 9.17) is 0 Å². The lowest BCUT2D eigenvalue weighted by Gasteiger charge is -2.40. The minimum Gasteiger partial charge on any atom is -0.315 e. The van der Waals surface area contributed by atoms with Crippen LogP contribution in [0.5, 0.6) is 0 Å². The molecule has 0 aliphatic heterocycles. The molecule has 1 aliphatic carbocycles. The molecule has 2 heteroatoms. The van der Waals surface area contributed by atoms with E-state index in [1.165, 1.54) is 38.6 Å². The number of hydrogen-bond donors (Lipinski definition) is 1. The molecule has 1 fully saturated rings. The van der Waals surface area contributed by atoms with Gasteiger partial charge in [-0.15, -0.1) is 0 Å². The van der Waals surface area contributed by atoms with Gasteiger partial charge < -0.3 is 5.32 Å². The molecule has 0 radical (unpaired) electrons. The summed E-state index contributed by atoms with van der Waals surface area (Å²) in [6.45, 7) is 13.1. The molecule has 0 spiro atoms. The van der Waals surface area contributed by atoms with Crippen molar-refractivity contribution in [2.24, 2.45) is 5.41 Å². The van der Waals surface area contributed by atoms with E-state index < -0.39 is 0 Å². The fourth-order valence-electron chi connectivity index (χ4n) is 3.59. The van der Waals surface area contributed by atoms with Gasteiger partial charge in [0.05, 0.1) is 0 Å². The van der Waals surface area contributed by atoms with Crippen LogP contribution in [0.3, 0.4) is 0 Å². The third-order valence-corrected chi connectivity index (χ3v) is 4.97. The van der Waals surface area contributed by atoms with Crippen molar-refractivity contribution in [2.75, 3.05) is 13.6 Å². The van der Waals surface area contributed by atoms with Gasteiger partial charge in [-0.2, -0.15) is 0 Å². The molecule has 18 heavy (non-hydrogen) atoms. The maximum atomic E-state index is 3.60. The summed E-state index contributed by atoms with van der Waals surface area (Å²) >= 11 is 0. The summed E-state index contributed by atoms with van der Waals surface area (Å²) in [5.41, 5.74) is 0.442. The molecule has 0 heterocycles. The molecule has 0 amide bonds. The van der Waals surface area contributed by atoms with Gasteiger partial charge in [-0.3, -0.25) is 4.90 Å². The van der Waals surface area contributed by atoms with Crippen LogP contribution in [0, 0.1) is 5.41 Å². The van der Waals surface area contributed by atoms with Crippen LogP contribution < -0.4 is 5.32 Å². The molecule has 0 aromatic rings. The van der Waals surface area contributed by atoms with E-state index in [0.29, 0.717) is 17.5 Å². The lowest BCUT2D eigenvalue weighted by Crippen LogP contribution is -2.53. The fourth-order valence-corrected chi connectivity index (χ4v) is 3.59. The first-order chi connectivity index (χ1) is 8.47. The SMILES string of the molecule is CCCCN(C(C)CC)C1CCC(C)(C)C1NC. The highest BCUT2D eigenvalue weighted by Gasteiger charge is 2.44. The Morgan fingerprint density at radius 1 is 1.33 bits per heavy atom. The molecule has 3 unspecified atom stereocenters. The predicted molar refractivity (Wildman–Crippen MR) is 81.0 cm³/mol. The second-order valence-corrected chi connectivity index (χ2v) is 6.71. The normalized spacial score (nSPS) is 28.8. The summed E-state index contributed by atoms with van der Waals surface area (Å²) in [5, 5.41) is 3.60. The van der Waals surface area contributed by atoms with Gasteiger partial charge in [-0.25, -0.2) is 0 Å². The number of likely N-dealkylation sites (N-methyl/N-ethyl adjacent to an activating group) is 1. The summed E-state index contributed by atoms with van der Waals surface area (Å²) in [5.74, 6) is 0. The minimum absolute atomic E-state index is 0.442. The summed E-state index contributed by atoms with van der Waals surface area (Å²) in [6, 6.07) is 2.08. The average molecular weight is 254 g/mol. The summed E-state index contributed by atoms with van der Waals surface area (Å²) in [4.78, 5) is 2.78. The van der Waals surface area contributed by atoms with Crippen molar-refractivity contribution in [3.63, 3.8) is 0 Å². The Labute approximate surface area is 115 Å². The van der Waals surface area contributed by atoms with Crippen molar-refractivity contribution in [1.82, 2.24) is 10.2 Å².